The summed E-state index contributed by atoms with van der Waals surface area (Å²) < 4.78 is 3.16. The fourth-order valence-electron chi connectivity index (χ4n) is 2.99. The second kappa shape index (κ2) is 7.02. The molecule has 1 amide bonds. The molecule has 0 radical (unpaired) electrons. The van der Waals surface area contributed by atoms with Crippen LogP contribution in [-0.2, 0) is 16.9 Å². The molecule has 0 fully saturated rings. The summed E-state index contributed by atoms with van der Waals surface area (Å²) in [6, 6.07) is 10.8. The van der Waals surface area contributed by atoms with Gasteiger partial charge < -0.3 is 16.2 Å². The van der Waals surface area contributed by atoms with Crippen molar-refractivity contribution < 1.29 is 9.90 Å². The Morgan fingerprint density at radius 1 is 1.21 bits per heavy atom. The molecule has 3 heterocycles. The summed E-state index contributed by atoms with van der Waals surface area (Å²) in [5.74, 6) is 0.0152. The molecule has 0 aliphatic carbocycles. The van der Waals surface area contributed by atoms with Gasteiger partial charge in [0.25, 0.3) is 0 Å². The third-order valence-electron chi connectivity index (χ3n) is 4.50. The maximum atomic E-state index is 12.3. The highest BCUT2D eigenvalue weighted by Crippen LogP contribution is 2.22. The van der Waals surface area contributed by atoms with Crippen molar-refractivity contribution in [1.29, 1.82) is 0 Å². The van der Waals surface area contributed by atoms with Gasteiger partial charge in [0, 0.05) is 23.6 Å². The lowest BCUT2D eigenvalue weighted by molar-refractivity contribution is -0.116. The molecular formula is C20H21N7O2. The van der Waals surface area contributed by atoms with E-state index in [-0.39, 0.29) is 18.4 Å². The molecule has 148 valence electrons. The van der Waals surface area contributed by atoms with Gasteiger partial charge in [0.15, 0.2) is 5.65 Å². The lowest BCUT2D eigenvalue weighted by atomic mass is 9.98. The van der Waals surface area contributed by atoms with Crippen LogP contribution >= 0.6 is 0 Å². The number of aliphatic hydroxyl groups is 1. The van der Waals surface area contributed by atoms with Gasteiger partial charge in [-0.05, 0) is 49.2 Å². The summed E-state index contributed by atoms with van der Waals surface area (Å²) in [6.07, 6.45) is 5.26. The molecule has 4 rings (SSSR count). The lowest BCUT2D eigenvalue weighted by Crippen LogP contribution is -2.19. The zero-order chi connectivity index (χ0) is 20.6. The lowest BCUT2D eigenvalue weighted by Gasteiger charge is -2.18. The standard InChI is InChI=1S/C20H21N7O2/c1-20(2,29)15-3-5-16(6-4-15)23-18(28)12-26-11-14(10-22-26)13-7-8-27-17(9-13)24-19(21)25-27/h3-11,29H,12H2,1-2H3,(H2,21,25)(H,23,28). The fourth-order valence-corrected chi connectivity index (χ4v) is 2.99. The van der Waals surface area contributed by atoms with Crippen LogP contribution in [0.1, 0.15) is 19.4 Å². The summed E-state index contributed by atoms with van der Waals surface area (Å²) in [6.45, 7) is 3.50. The quantitative estimate of drug-likeness (QED) is 0.478. The molecule has 0 saturated carbocycles. The molecule has 9 heteroatoms. The van der Waals surface area contributed by atoms with Crippen LogP contribution in [0.3, 0.4) is 0 Å². The molecular weight excluding hydrogens is 370 g/mol. The van der Waals surface area contributed by atoms with E-state index in [0.29, 0.717) is 11.3 Å². The number of amides is 1. The second-order valence-electron chi connectivity index (χ2n) is 7.30. The van der Waals surface area contributed by atoms with Crippen LogP contribution in [0.2, 0.25) is 0 Å². The normalized spacial score (nSPS) is 11.7. The van der Waals surface area contributed by atoms with Crippen LogP contribution in [0.4, 0.5) is 11.6 Å². The van der Waals surface area contributed by atoms with Gasteiger partial charge in [-0.25, -0.2) is 4.52 Å². The maximum Gasteiger partial charge on any atom is 0.246 e. The minimum atomic E-state index is -0.921. The largest absolute Gasteiger partial charge is 0.386 e. The van der Waals surface area contributed by atoms with Gasteiger partial charge in [-0.1, -0.05) is 12.1 Å². The van der Waals surface area contributed by atoms with Crippen molar-refractivity contribution in [3.63, 3.8) is 0 Å². The van der Waals surface area contributed by atoms with E-state index in [0.717, 1.165) is 16.7 Å². The highest BCUT2D eigenvalue weighted by atomic mass is 16.3. The molecule has 1 aromatic carbocycles. The number of anilines is 2. The van der Waals surface area contributed by atoms with Gasteiger partial charge in [0.1, 0.15) is 6.54 Å². The van der Waals surface area contributed by atoms with Crippen LogP contribution in [0, 0.1) is 0 Å². The Hall–Kier alpha value is -3.72. The Kier molecular flexibility index (Phi) is 4.51. The third-order valence-corrected chi connectivity index (χ3v) is 4.50. The summed E-state index contributed by atoms with van der Waals surface area (Å²) in [7, 11) is 0. The average molecular weight is 391 g/mol. The molecule has 0 saturated heterocycles. The second-order valence-corrected chi connectivity index (χ2v) is 7.30. The number of nitrogens with two attached hydrogens (primary N) is 1. The number of carbonyl (C=O) groups excluding carboxylic acids is 1. The van der Waals surface area contributed by atoms with E-state index in [1.807, 2.05) is 12.1 Å². The number of fused-ring (bicyclic) bond motifs is 1. The summed E-state index contributed by atoms with van der Waals surface area (Å²) in [5.41, 5.74) is 8.53. The highest BCUT2D eigenvalue weighted by molar-refractivity contribution is 5.90. The summed E-state index contributed by atoms with van der Waals surface area (Å²) in [5, 5.41) is 21.1. The Morgan fingerprint density at radius 2 is 1.97 bits per heavy atom. The predicted molar refractivity (Wildman–Crippen MR) is 109 cm³/mol. The van der Waals surface area contributed by atoms with Gasteiger partial charge in [0.2, 0.25) is 11.9 Å². The first-order valence-corrected chi connectivity index (χ1v) is 9.05. The zero-order valence-corrected chi connectivity index (χ0v) is 16.1. The Labute approximate surface area is 166 Å². The number of nitrogens with zero attached hydrogens (tertiary/aromatic N) is 5. The third kappa shape index (κ3) is 4.09. The van der Waals surface area contributed by atoms with Crippen LogP contribution in [0.15, 0.2) is 55.0 Å². The van der Waals surface area contributed by atoms with Crippen molar-refractivity contribution >= 4 is 23.2 Å². The number of nitrogen functional groups attached to an aromatic ring is 1. The highest BCUT2D eigenvalue weighted by Gasteiger charge is 2.15. The number of nitrogens with one attached hydrogen (secondary N) is 1. The number of benzene rings is 1. The SMILES string of the molecule is CC(C)(O)c1ccc(NC(=O)Cn2cc(-c3ccn4nc(N)nc4c3)cn2)cc1. The van der Waals surface area contributed by atoms with Crippen molar-refractivity contribution in [2.24, 2.45) is 0 Å². The number of hydrogen-bond acceptors (Lipinski definition) is 6. The van der Waals surface area contributed by atoms with E-state index >= 15 is 0 Å². The van der Waals surface area contributed by atoms with Gasteiger partial charge in [0.05, 0.1) is 11.8 Å². The molecule has 3 aromatic heterocycles. The van der Waals surface area contributed by atoms with E-state index in [9.17, 15) is 9.90 Å². The van der Waals surface area contributed by atoms with Gasteiger partial charge >= 0.3 is 0 Å². The molecule has 0 unspecified atom stereocenters. The Morgan fingerprint density at radius 3 is 2.69 bits per heavy atom. The Balaban J connectivity index is 1.43. The number of carbonyl (C=O) groups is 1. The predicted octanol–water partition coefficient (Wildman–Crippen LogP) is 2.04. The molecule has 0 aliphatic heterocycles. The van der Waals surface area contributed by atoms with Crippen molar-refractivity contribution in [3.05, 3.63) is 60.6 Å². The van der Waals surface area contributed by atoms with Crippen LogP contribution in [0.25, 0.3) is 16.8 Å². The molecule has 0 bridgehead atoms. The number of aromatic nitrogens is 5. The first-order chi connectivity index (χ1) is 13.8. The van der Waals surface area contributed by atoms with E-state index in [1.165, 1.54) is 0 Å². The number of rotatable bonds is 5. The molecule has 0 spiro atoms. The topological polar surface area (TPSA) is 123 Å². The van der Waals surface area contributed by atoms with Crippen LogP contribution in [-0.4, -0.2) is 35.4 Å². The van der Waals surface area contributed by atoms with Crippen LogP contribution < -0.4 is 11.1 Å². The molecule has 4 N–H and O–H groups in total. The Bertz CT molecular complexity index is 1170. The van der Waals surface area contributed by atoms with E-state index in [4.69, 9.17) is 5.73 Å². The fraction of sp³-hybridized carbons (Fsp3) is 0.200. The first-order valence-electron chi connectivity index (χ1n) is 9.05. The summed E-state index contributed by atoms with van der Waals surface area (Å²) in [4.78, 5) is 16.5. The molecule has 4 aromatic rings. The summed E-state index contributed by atoms with van der Waals surface area (Å²) >= 11 is 0. The van der Waals surface area contributed by atoms with E-state index in [1.54, 1.807) is 65.9 Å². The van der Waals surface area contributed by atoms with Gasteiger partial charge in [-0.15, -0.1) is 5.10 Å². The van der Waals surface area contributed by atoms with Crippen molar-refractivity contribution in [3.8, 4) is 11.1 Å². The number of pyridine rings is 1. The van der Waals surface area contributed by atoms with Crippen molar-refractivity contribution in [2.45, 2.75) is 26.0 Å². The van der Waals surface area contributed by atoms with Crippen molar-refractivity contribution in [2.75, 3.05) is 11.1 Å². The van der Waals surface area contributed by atoms with Gasteiger partial charge in [-0.2, -0.15) is 10.1 Å². The van der Waals surface area contributed by atoms with Gasteiger partial charge in [-0.3, -0.25) is 9.48 Å². The molecule has 29 heavy (non-hydrogen) atoms. The molecule has 0 aliphatic rings. The number of hydrogen-bond donors (Lipinski definition) is 3. The zero-order valence-electron chi connectivity index (χ0n) is 16.1. The van der Waals surface area contributed by atoms with Crippen molar-refractivity contribution in [1.82, 2.24) is 24.4 Å². The monoisotopic (exact) mass is 391 g/mol. The smallest absolute Gasteiger partial charge is 0.246 e. The first kappa shape index (κ1) is 18.6. The average Bonchev–Trinajstić information content (AvgIpc) is 3.26. The molecule has 0 atom stereocenters. The molecule has 9 nitrogen and oxygen atoms in total. The van der Waals surface area contributed by atoms with E-state index in [2.05, 4.69) is 20.5 Å². The minimum absolute atomic E-state index is 0.0768. The minimum Gasteiger partial charge on any atom is -0.386 e. The van der Waals surface area contributed by atoms with Crippen LogP contribution in [0.5, 0.6) is 0 Å². The van der Waals surface area contributed by atoms with E-state index < -0.39 is 5.60 Å². The maximum absolute atomic E-state index is 12.3.